The van der Waals surface area contributed by atoms with Crippen molar-refractivity contribution >= 4 is 11.3 Å². The number of ether oxygens (including phenoxy) is 1. The topological polar surface area (TPSA) is 103 Å². The normalized spacial score (nSPS) is 10.6. The Bertz CT molecular complexity index is 524. The smallest absolute Gasteiger partial charge is 0.305 e. The summed E-state index contributed by atoms with van der Waals surface area (Å²) in [6.45, 7) is -0.00652. The highest BCUT2D eigenvalue weighted by Crippen LogP contribution is 2.14. The van der Waals surface area contributed by atoms with Crippen LogP contribution in [0.3, 0.4) is 0 Å². The van der Waals surface area contributed by atoms with E-state index < -0.39 is 4.92 Å². The van der Waals surface area contributed by atoms with Gasteiger partial charge in [0.2, 0.25) is 5.88 Å². The monoisotopic (exact) mass is 224 g/mol. The molecule has 0 aliphatic rings. The van der Waals surface area contributed by atoms with Gasteiger partial charge in [-0.2, -0.15) is 0 Å². The van der Waals surface area contributed by atoms with Crippen molar-refractivity contribution in [3.05, 3.63) is 28.6 Å². The van der Waals surface area contributed by atoms with Gasteiger partial charge in [-0.3, -0.25) is 10.1 Å². The van der Waals surface area contributed by atoms with Gasteiger partial charge >= 0.3 is 5.69 Å². The fraction of sp³-hybridized carbons (Fsp3) is 0.250. The third-order valence-electron chi connectivity index (χ3n) is 1.83. The minimum atomic E-state index is -0.553. The molecule has 0 amide bonds. The Morgan fingerprint density at radius 2 is 2.44 bits per heavy atom. The van der Waals surface area contributed by atoms with Crippen LogP contribution in [0, 0.1) is 10.1 Å². The van der Waals surface area contributed by atoms with Gasteiger partial charge in [-0.1, -0.05) is 0 Å². The number of nitrogens with zero attached hydrogens (tertiary/aromatic N) is 4. The average molecular weight is 224 g/mol. The van der Waals surface area contributed by atoms with Crippen LogP contribution < -0.4 is 4.74 Å². The second-order valence-corrected chi connectivity index (χ2v) is 2.93. The van der Waals surface area contributed by atoms with E-state index in [-0.39, 0.29) is 24.8 Å². The summed E-state index contributed by atoms with van der Waals surface area (Å²) in [5, 5.41) is 22.9. The predicted molar refractivity (Wildman–Crippen MR) is 52.2 cm³/mol. The van der Waals surface area contributed by atoms with E-state index in [4.69, 9.17) is 9.84 Å². The van der Waals surface area contributed by atoms with E-state index >= 15 is 0 Å². The van der Waals surface area contributed by atoms with Crippen molar-refractivity contribution in [2.75, 3.05) is 13.2 Å². The van der Waals surface area contributed by atoms with Gasteiger partial charge < -0.3 is 9.84 Å². The molecule has 1 N–H and O–H groups in total. The zero-order valence-corrected chi connectivity index (χ0v) is 8.11. The standard InChI is InChI=1S/C8H8N4O4/c13-1-2-16-8-3-7-9-4-6(12(14)15)5-11(7)10-8/h3-5,13H,1-2H2. The van der Waals surface area contributed by atoms with Gasteiger partial charge in [-0.05, 0) is 0 Å². The summed E-state index contributed by atoms with van der Waals surface area (Å²) in [4.78, 5) is 13.8. The molecule has 16 heavy (non-hydrogen) atoms. The largest absolute Gasteiger partial charge is 0.474 e. The number of aliphatic hydroxyl groups is 1. The van der Waals surface area contributed by atoms with E-state index in [1.54, 1.807) is 0 Å². The van der Waals surface area contributed by atoms with Crippen molar-refractivity contribution in [3.63, 3.8) is 0 Å². The van der Waals surface area contributed by atoms with Crippen LogP contribution >= 0.6 is 0 Å². The average Bonchev–Trinajstić information content (AvgIpc) is 2.67. The molecule has 0 aromatic carbocycles. The summed E-state index contributed by atoms with van der Waals surface area (Å²) in [5.74, 6) is 0.266. The Balaban J connectivity index is 2.34. The van der Waals surface area contributed by atoms with E-state index in [2.05, 4.69) is 10.1 Å². The highest BCUT2D eigenvalue weighted by atomic mass is 16.6. The fourth-order valence-electron chi connectivity index (χ4n) is 1.16. The number of aliphatic hydroxyl groups excluding tert-OH is 1. The molecule has 2 rings (SSSR count). The van der Waals surface area contributed by atoms with Gasteiger partial charge in [0.1, 0.15) is 19.0 Å². The number of rotatable bonds is 4. The SMILES string of the molecule is O=[N+]([O-])c1cnc2cc(OCCO)nn2c1. The first kappa shape index (κ1) is 10.3. The maximum Gasteiger partial charge on any atom is 0.305 e. The van der Waals surface area contributed by atoms with E-state index in [1.165, 1.54) is 16.8 Å². The zero-order valence-electron chi connectivity index (χ0n) is 8.11. The summed E-state index contributed by atoms with van der Waals surface area (Å²) >= 11 is 0. The molecule has 8 nitrogen and oxygen atoms in total. The molecule has 2 aromatic heterocycles. The summed E-state index contributed by atoms with van der Waals surface area (Å²) < 4.78 is 6.30. The van der Waals surface area contributed by atoms with E-state index in [0.717, 1.165) is 6.20 Å². The summed E-state index contributed by atoms with van der Waals surface area (Å²) in [5.41, 5.74) is 0.294. The first-order valence-corrected chi connectivity index (χ1v) is 4.44. The molecule has 2 aromatic rings. The molecule has 0 atom stereocenters. The second-order valence-electron chi connectivity index (χ2n) is 2.93. The fourth-order valence-corrected chi connectivity index (χ4v) is 1.16. The quantitative estimate of drug-likeness (QED) is 0.579. The molecule has 0 unspecified atom stereocenters. The Morgan fingerprint density at radius 1 is 1.62 bits per heavy atom. The van der Waals surface area contributed by atoms with Gasteiger partial charge in [0.25, 0.3) is 0 Å². The van der Waals surface area contributed by atoms with Crippen molar-refractivity contribution in [1.29, 1.82) is 0 Å². The molecule has 0 aliphatic carbocycles. The minimum absolute atomic E-state index is 0.117. The number of aromatic nitrogens is 3. The maximum absolute atomic E-state index is 10.5. The Labute approximate surface area is 89.2 Å². The first-order chi connectivity index (χ1) is 7.70. The molecule has 8 heteroatoms. The maximum atomic E-state index is 10.5. The number of hydrogen-bond acceptors (Lipinski definition) is 6. The van der Waals surface area contributed by atoms with Gasteiger partial charge in [-0.15, -0.1) is 5.10 Å². The van der Waals surface area contributed by atoms with Crippen LogP contribution in [-0.2, 0) is 0 Å². The number of nitro groups is 1. The van der Waals surface area contributed by atoms with Crippen molar-refractivity contribution in [2.45, 2.75) is 0 Å². The van der Waals surface area contributed by atoms with E-state index in [1.807, 2.05) is 0 Å². The lowest BCUT2D eigenvalue weighted by Gasteiger charge is -1.96. The zero-order chi connectivity index (χ0) is 11.5. The van der Waals surface area contributed by atoms with E-state index in [0.29, 0.717) is 5.65 Å². The Kier molecular flexibility index (Phi) is 2.64. The lowest BCUT2D eigenvalue weighted by Crippen LogP contribution is -2.02. The second kappa shape index (κ2) is 4.11. The van der Waals surface area contributed by atoms with Gasteiger partial charge in [0.15, 0.2) is 5.65 Å². The first-order valence-electron chi connectivity index (χ1n) is 4.44. The molecule has 84 valence electrons. The lowest BCUT2D eigenvalue weighted by atomic mass is 10.5. The van der Waals surface area contributed by atoms with Gasteiger partial charge in [-0.25, -0.2) is 9.50 Å². The van der Waals surface area contributed by atoms with Crippen LogP contribution in [0.4, 0.5) is 5.69 Å². The van der Waals surface area contributed by atoms with Crippen LogP contribution in [-0.4, -0.2) is 37.8 Å². The highest BCUT2D eigenvalue weighted by Gasteiger charge is 2.10. The summed E-state index contributed by atoms with van der Waals surface area (Å²) in [6, 6.07) is 1.53. The Hall–Kier alpha value is -2.22. The van der Waals surface area contributed by atoms with Crippen LogP contribution in [0.25, 0.3) is 5.65 Å². The van der Waals surface area contributed by atoms with Crippen molar-refractivity contribution in [1.82, 2.24) is 14.6 Å². The summed E-state index contributed by atoms with van der Waals surface area (Å²) in [7, 11) is 0. The molecule has 0 radical (unpaired) electrons. The predicted octanol–water partition coefficient (Wildman–Crippen LogP) is 0.00860. The third-order valence-corrected chi connectivity index (χ3v) is 1.83. The molecule has 0 aliphatic heterocycles. The van der Waals surface area contributed by atoms with E-state index in [9.17, 15) is 10.1 Å². The molecule has 0 bridgehead atoms. The van der Waals surface area contributed by atoms with Crippen molar-refractivity contribution < 1.29 is 14.8 Å². The molecule has 0 saturated heterocycles. The molecular formula is C8H8N4O4. The Morgan fingerprint density at radius 3 is 3.12 bits per heavy atom. The van der Waals surface area contributed by atoms with Crippen LogP contribution in [0.15, 0.2) is 18.5 Å². The van der Waals surface area contributed by atoms with Gasteiger partial charge in [0, 0.05) is 6.07 Å². The summed E-state index contributed by atoms with van der Waals surface area (Å²) in [6.07, 6.45) is 2.39. The third kappa shape index (κ3) is 1.91. The van der Waals surface area contributed by atoms with Crippen LogP contribution in [0.1, 0.15) is 0 Å². The number of hydrogen-bond donors (Lipinski definition) is 1. The molecule has 2 heterocycles. The van der Waals surface area contributed by atoms with Crippen LogP contribution in [0.5, 0.6) is 5.88 Å². The van der Waals surface area contributed by atoms with Gasteiger partial charge in [0.05, 0.1) is 11.5 Å². The molecule has 0 fully saturated rings. The van der Waals surface area contributed by atoms with Crippen LogP contribution in [0.2, 0.25) is 0 Å². The molecular weight excluding hydrogens is 216 g/mol. The van der Waals surface area contributed by atoms with Crippen molar-refractivity contribution in [2.24, 2.45) is 0 Å². The number of fused-ring (bicyclic) bond motifs is 1. The van der Waals surface area contributed by atoms with Crippen molar-refractivity contribution in [3.8, 4) is 5.88 Å². The molecule has 0 saturated carbocycles. The highest BCUT2D eigenvalue weighted by molar-refractivity contribution is 5.43. The minimum Gasteiger partial charge on any atom is -0.474 e. The lowest BCUT2D eigenvalue weighted by molar-refractivity contribution is -0.385. The molecule has 0 spiro atoms.